The molecule has 0 saturated carbocycles. The van der Waals surface area contributed by atoms with Crippen molar-refractivity contribution in [3.05, 3.63) is 32.6 Å². The zero-order chi connectivity index (χ0) is 16.7. The number of halogens is 1. The van der Waals surface area contributed by atoms with Crippen molar-refractivity contribution in [2.45, 2.75) is 25.3 Å². The lowest BCUT2D eigenvalue weighted by Gasteiger charge is -2.21. The number of carbonyl (C=O) groups excluding carboxylic acids is 1. The lowest BCUT2D eigenvalue weighted by Crippen LogP contribution is -2.37. The number of fused-ring (bicyclic) bond motifs is 3. The standard InChI is InChI=1S/C17H17BrN2O3S/c18-10-3-4-12-13(8-10)23-7-5-14-15(12)19-16(24-14)17(22)20-6-1-2-11(20)9-21/h3-4,8,11,21H,1-2,5-7,9H2. The molecule has 5 nitrogen and oxygen atoms in total. The Labute approximate surface area is 152 Å². The van der Waals surface area contributed by atoms with Gasteiger partial charge in [0.05, 0.1) is 24.9 Å². The molecule has 1 unspecified atom stereocenters. The quantitative estimate of drug-likeness (QED) is 0.828. The lowest BCUT2D eigenvalue weighted by atomic mass is 10.1. The molecule has 2 aliphatic rings. The number of aliphatic hydroxyl groups excluding tert-OH is 1. The third kappa shape index (κ3) is 2.74. The highest BCUT2D eigenvalue weighted by Gasteiger charge is 2.32. The van der Waals surface area contributed by atoms with E-state index in [0.717, 1.165) is 45.6 Å². The molecule has 0 bridgehead atoms. The van der Waals surface area contributed by atoms with E-state index in [9.17, 15) is 9.90 Å². The summed E-state index contributed by atoms with van der Waals surface area (Å²) in [6, 6.07) is 5.80. The molecule has 1 fully saturated rings. The van der Waals surface area contributed by atoms with Gasteiger partial charge in [-0.25, -0.2) is 4.98 Å². The maximum absolute atomic E-state index is 12.8. The normalized spacial score (nSPS) is 19.4. The van der Waals surface area contributed by atoms with Crippen molar-refractivity contribution in [3.63, 3.8) is 0 Å². The number of likely N-dealkylation sites (tertiary alicyclic amines) is 1. The zero-order valence-electron chi connectivity index (χ0n) is 13.0. The van der Waals surface area contributed by atoms with Crippen LogP contribution in [-0.2, 0) is 6.42 Å². The van der Waals surface area contributed by atoms with Gasteiger partial charge in [-0.2, -0.15) is 0 Å². The average Bonchev–Trinajstić information content (AvgIpc) is 3.18. The smallest absolute Gasteiger partial charge is 0.283 e. The molecule has 4 rings (SSSR count). The predicted molar refractivity (Wildman–Crippen MR) is 95.6 cm³/mol. The molecule has 3 heterocycles. The number of hydrogen-bond donors (Lipinski definition) is 1. The Hall–Kier alpha value is -1.44. The Bertz CT molecular complexity index is 792. The molecule has 0 spiro atoms. The molecule has 0 radical (unpaired) electrons. The zero-order valence-corrected chi connectivity index (χ0v) is 15.4. The summed E-state index contributed by atoms with van der Waals surface area (Å²) in [6.45, 7) is 1.29. The first kappa shape index (κ1) is 16.1. The first-order valence-electron chi connectivity index (χ1n) is 8.01. The van der Waals surface area contributed by atoms with Gasteiger partial charge in [-0.1, -0.05) is 15.9 Å². The van der Waals surface area contributed by atoms with Gasteiger partial charge in [-0.15, -0.1) is 11.3 Å². The van der Waals surface area contributed by atoms with Crippen LogP contribution in [0.5, 0.6) is 5.75 Å². The summed E-state index contributed by atoms with van der Waals surface area (Å²) in [5.41, 5.74) is 1.78. The van der Waals surface area contributed by atoms with E-state index in [0.29, 0.717) is 18.2 Å². The second kappa shape index (κ2) is 6.46. The van der Waals surface area contributed by atoms with Gasteiger partial charge in [-0.3, -0.25) is 4.79 Å². The summed E-state index contributed by atoms with van der Waals surface area (Å²) in [6.07, 6.45) is 2.54. The van der Waals surface area contributed by atoms with Crippen molar-refractivity contribution < 1.29 is 14.6 Å². The van der Waals surface area contributed by atoms with E-state index in [4.69, 9.17) is 4.74 Å². The highest BCUT2D eigenvalue weighted by Crippen LogP contribution is 2.39. The van der Waals surface area contributed by atoms with E-state index in [1.54, 1.807) is 4.90 Å². The molecular formula is C17H17BrN2O3S. The molecule has 0 aliphatic carbocycles. The van der Waals surface area contributed by atoms with Crippen LogP contribution in [0.3, 0.4) is 0 Å². The number of aromatic nitrogens is 1. The molecular weight excluding hydrogens is 392 g/mol. The second-order valence-corrected chi connectivity index (χ2v) is 8.01. The van der Waals surface area contributed by atoms with Crippen LogP contribution in [-0.4, -0.2) is 46.7 Å². The van der Waals surface area contributed by atoms with Crippen molar-refractivity contribution in [3.8, 4) is 17.0 Å². The fourth-order valence-electron chi connectivity index (χ4n) is 3.30. The molecule has 1 saturated heterocycles. The first-order valence-corrected chi connectivity index (χ1v) is 9.62. The number of thiazole rings is 1. The van der Waals surface area contributed by atoms with E-state index < -0.39 is 0 Å². The molecule has 2 aromatic rings. The summed E-state index contributed by atoms with van der Waals surface area (Å²) in [5.74, 6) is 0.728. The van der Waals surface area contributed by atoms with Gasteiger partial charge in [0.2, 0.25) is 0 Å². The van der Waals surface area contributed by atoms with Gasteiger partial charge in [0.1, 0.15) is 5.75 Å². The molecule has 126 valence electrons. The van der Waals surface area contributed by atoms with Crippen LogP contribution in [0.4, 0.5) is 0 Å². The summed E-state index contributed by atoms with van der Waals surface area (Å²) in [7, 11) is 0. The van der Waals surface area contributed by atoms with E-state index in [2.05, 4.69) is 20.9 Å². The summed E-state index contributed by atoms with van der Waals surface area (Å²) in [5, 5.41) is 9.97. The Morgan fingerprint density at radius 2 is 2.38 bits per heavy atom. The molecule has 1 aromatic heterocycles. The number of ether oxygens (including phenoxy) is 1. The van der Waals surface area contributed by atoms with Crippen molar-refractivity contribution in [1.82, 2.24) is 9.88 Å². The van der Waals surface area contributed by atoms with Crippen LogP contribution in [0.2, 0.25) is 0 Å². The van der Waals surface area contributed by atoms with Crippen LogP contribution >= 0.6 is 27.3 Å². The minimum absolute atomic E-state index is 0.0154. The van der Waals surface area contributed by atoms with E-state index in [1.165, 1.54) is 11.3 Å². The SMILES string of the molecule is O=C(c1nc2c(s1)CCOc1cc(Br)ccc1-2)N1CCCC1CO. The van der Waals surface area contributed by atoms with Crippen LogP contribution in [0.25, 0.3) is 11.3 Å². The Morgan fingerprint density at radius 3 is 3.21 bits per heavy atom. The Kier molecular flexibility index (Phi) is 4.32. The van der Waals surface area contributed by atoms with Crippen molar-refractivity contribution in [2.75, 3.05) is 19.8 Å². The minimum atomic E-state index is -0.0761. The highest BCUT2D eigenvalue weighted by atomic mass is 79.9. The molecule has 24 heavy (non-hydrogen) atoms. The molecule has 1 aromatic carbocycles. The Morgan fingerprint density at radius 1 is 1.50 bits per heavy atom. The van der Waals surface area contributed by atoms with E-state index in [-0.39, 0.29) is 18.6 Å². The topological polar surface area (TPSA) is 62.7 Å². The summed E-state index contributed by atoms with van der Waals surface area (Å²) >= 11 is 4.91. The summed E-state index contributed by atoms with van der Waals surface area (Å²) in [4.78, 5) is 20.3. The molecule has 1 amide bonds. The maximum Gasteiger partial charge on any atom is 0.283 e. The fourth-order valence-corrected chi connectivity index (χ4v) is 4.66. The monoisotopic (exact) mass is 408 g/mol. The van der Waals surface area contributed by atoms with Crippen molar-refractivity contribution in [2.24, 2.45) is 0 Å². The number of hydrogen-bond acceptors (Lipinski definition) is 5. The van der Waals surface area contributed by atoms with Gasteiger partial charge in [0.25, 0.3) is 5.91 Å². The minimum Gasteiger partial charge on any atom is -0.492 e. The van der Waals surface area contributed by atoms with E-state index >= 15 is 0 Å². The largest absolute Gasteiger partial charge is 0.492 e. The van der Waals surface area contributed by atoms with Crippen molar-refractivity contribution >= 4 is 33.2 Å². The Balaban J connectivity index is 1.71. The van der Waals surface area contributed by atoms with Crippen LogP contribution in [0, 0.1) is 0 Å². The number of carbonyl (C=O) groups is 1. The maximum atomic E-state index is 12.8. The van der Waals surface area contributed by atoms with Crippen molar-refractivity contribution in [1.29, 1.82) is 0 Å². The van der Waals surface area contributed by atoms with Crippen LogP contribution in [0.1, 0.15) is 27.5 Å². The molecule has 7 heteroatoms. The lowest BCUT2D eigenvalue weighted by molar-refractivity contribution is 0.0677. The number of nitrogens with zero attached hydrogens (tertiary/aromatic N) is 2. The van der Waals surface area contributed by atoms with Gasteiger partial charge >= 0.3 is 0 Å². The predicted octanol–water partition coefficient (Wildman–Crippen LogP) is 3.10. The number of amides is 1. The molecule has 1 N–H and O–H groups in total. The van der Waals surface area contributed by atoms with Gasteiger partial charge in [0, 0.05) is 27.9 Å². The first-order chi connectivity index (χ1) is 11.7. The fraction of sp³-hybridized carbons (Fsp3) is 0.412. The number of aliphatic hydroxyl groups is 1. The van der Waals surface area contributed by atoms with Gasteiger partial charge in [-0.05, 0) is 31.0 Å². The van der Waals surface area contributed by atoms with Crippen LogP contribution < -0.4 is 4.74 Å². The third-order valence-corrected chi connectivity index (χ3v) is 6.11. The summed E-state index contributed by atoms with van der Waals surface area (Å²) < 4.78 is 6.77. The number of rotatable bonds is 2. The van der Waals surface area contributed by atoms with E-state index in [1.807, 2.05) is 18.2 Å². The van der Waals surface area contributed by atoms with Gasteiger partial charge < -0.3 is 14.7 Å². The average molecular weight is 409 g/mol. The van der Waals surface area contributed by atoms with Crippen LogP contribution in [0.15, 0.2) is 22.7 Å². The second-order valence-electron chi connectivity index (χ2n) is 6.01. The number of benzene rings is 1. The van der Waals surface area contributed by atoms with Gasteiger partial charge in [0.15, 0.2) is 5.01 Å². The highest BCUT2D eigenvalue weighted by molar-refractivity contribution is 9.10. The molecule has 1 atom stereocenters. The molecule has 2 aliphatic heterocycles. The third-order valence-electron chi connectivity index (χ3n) is 4.51.